The summed E-state index contributed by atoms with van der Waals surface area (Å²) in [6.45, 7) is 0.491. The number of nitrogens with zero attached hydrogens (tertiary/aromatic N) is 1. The van der Waals surface area contributed by atoms with Gasteiger partial charge in [0.1, 0.15) is 0 Å². The van der Waals surface area contributed by atoms with E-state index in [0.717, 1.165) is 19.3 Å². The van der Waals surface area contributed by atoms with Gasteiger partial charge in [0, 0.05) is 6.54 Å². The predicted octanol–water partition coefficient (Wildman–Crippen LogP) is 1.08. The van der Waals surface area contributed by atoms with Crippen molar-refractivity contribution in [1.29, 1.82) is 0 Å². The highest BCUT2D eigenvalue weighted by Gasteiger charge is 2.28. The number of aromatic hydroxyl groups is 2. The highest BCUT2D eigenvalue weighted by atomic mass is 16.3. The second-order valence-electron chi connectivity index (χ2n) is 4.50. The third-order valence-electron chi connectivity index (χ3n) is 3.34. The van der Waals surface area contributed by atoms with Crippen LogP contribution < -0.4 is 0 Å². The van der Waals surface area contributed by atoms with Crippen LogP contribution in [-0.4, -0.2) is 45.3 Å². The molecule has 5 heteroatoms. The Labute approximate surface area is 105 Å². The number of phenolic OH excluding ortho intramolecular Hbond substituents is 2. The van der Waals surface area contributed by atoms with Crippen molar-refractivity contribution in [3.8, 4) is 11.5 Å². The number of hydrogen-bond donors (Lipinski definition) is 3. The molecule has 1 aliphatic rings. The molecular weight excluding hydrogens is 234 g/mol. The molecule has 0 aliphatic carbocycles. The zero-order valence-electron chi connectivity index (χ0n) is 10.0. The van der Waals surface area contributed by atoms with Crippen LogP contribution in [0.4, 0.5) is 0 Å². The van der Waals surface area contributed by atoms with Crippen LogP contribution in [-0.2, 0) is 0 Å². The zero-order chi connectivity index (χ0) is 13.1. The SMILES string of the molecule is O=C(c1cccc(O)c1O)N1CCCCC1CO. The van der Waals surface area contributed by atoms with E-state index in [1.54, 1.807) is 4.90 Å². The molecule has 1 amide bonds. The monoisotopic (exact) mass is 251 g/mol. The molecule has 18 heavy (non-hydrogen) atoms. The quantitative estimate of drug-likeness (QED) is 0.687. The van der Waals surface area contributed by atoms with Gasteiger partial charge in [-0.15, -0.1) is 0 Å². The summed E-state index contributed by atoms with van der Waals surface area (Å²) in [6.07, 6.45) is 2.64. The van der Waals surface area contributed by atoms with E-state index >= 15 is 0 Å². The number of amides is 1. The zero-order valence-corrected chi connectivity index (χ0v) is 10.0. The fraction of sp³-hybridized carbons (Fsp3) is 0.462. The fourth-order valence-electron chi connectivity index (χ4n) is 2.32. The van der Waals surface area contributed by atoms with Crippen LogP contribution in [0.5, 0.6) is 11.5 Å². The predicted molar refractivity (Wildman–Crippen MR) is 65.5 cm³/mol. The van der Waals surface area contributed by atoms with E-state index in [4.69, 9.17) is 0 Å². The van der Waals surface area contributed by atoms with Crippen LogP contribution in [0.25, 0.3) is 0 Å². The molecule has 3 N–H and O–H groups in total. The third kappa shape index (κ3) is 2.26. The van der Waals surface area contributed by atoms with Gasteiger partial charge in [0.15, 0.2) is 11.5 Å². The standard InChI is InChI=1S/C13H17NO4/c15-8-9-4-1-2-7-14(9)13(18)10-5-3-6-11(16)12(10)17/h3,5-6,9,15-17H,1-2,4,7-8H2. The topological polar surface area (TPSA) is 81.0 Å². The number of benzene rings is 1. The number of phenols is 2. The third-order valence-corrected chi connectivity index (χ3v) is 3.34. The van der Waals surface area contributed by atoms with Crippen molar-refractivity contribution in [2.24, 2.45) is 0 Å². The molecule has 1 heterocycles. The van der Waals surface area contributed by atoms with Crippen molar-refractivity contribution in [1.82, 2.24) is 4.90 Å². The van der Waals surface area contributed by atoms with Gasteiger partial charge < -0.3 is 20.2 Å². The molecule has 0 radical (unpaired) electrons. The molecule has 1 aromatic rings. The Morgan fingerprint density at radius 2 is 2.11 bits per heavy atom. The van der Waals surface area contributed by atoms with E-state index in [1.807, 2.05) is 0 Å². The highest BCUT2D eigenvalue weighted by molar-refractivity contribution is 5.97. The number of carbonyl (C=O) groups is 1. The van der Waals surface area contributed by atoms with Gasteiger partial charge in [-0.1, -0.05) is 6.07 Å². The molecule has 2 rings (SSSR count). The second kappa shape index (κ2) is 5.27. The minimum atomic E-state index is -0.398. The molecule has 1 aromatic carbocycles. The Balaban J connectivity index is 2.27. The lowest BCUT2D eigenvalue weighted by Crippen LogP contribution is -2.45. The van der Waals surface area contributed by atoms with Crippen LogP contribution >= 0.6 is 0 Å². The summed E-state index contributed by atoms with van der Waals surface area (Å²) in [6, 6.07) is 4.11. The van der Waals surface area contributed by atoms with E-state index in [-0.39, 0.29) is 29.9 Å². The molecule has 1 saturated heterocycles. The lowest BCUT2D eigenvalue weighted by atomic mass is 10.0. The summed E-state index contributed by atoms with van der Waals surface area (Å²) in [5, 5.41) is 28.4. The van der Waals surface area contributed by atoms with E-state index in [1.165, 1.54) is 18.2 Å². The Bertz CT molecular complexity index is 447. The Kier molecular flexibility index (Phi) is 3.72. The van der Waals surface area contributed by atoms with E-state index in [9.17, 15) is 20.1 Å². The summed E-state index contributed by atoms with van der Waals surface area (Å²) in [5.74, 6) is -1.05. The fourth-order valence-corrected chi connectivity index (χ4v) is 2.32. The molecule has 1 atom stereocenters. The Morgan fingerprint density at radius 3 is 2.83 bits per heavy atom. The van der Waals surface area contributed by atoms with Gasteiger partial charge in [-0.05, 0) is 31.4 Å². The second-order valence-corrected chi connectivity index (χ2v) is 4.50. The van der Waals surface area contributed by atoms with Gasteiger partial charge in [-0.2, -0.15) is 0 Å². The van der Waals surface area contributed by atoms with E-state index in [0.29, 0.717) is 6.54 Å². The van der Waals surface area contributed by atoms with Crippen molar-refractivity contribution in [2.75, 3.05) is 13.2 Å². The molecule has 0 saturated carbocycles. The van der Waals surface area contributed by atoms with Gasteiger partial charge in [0.05, 0.1) is 18.2 Å². The van der Waals surface area contributed by atoms with Crippen LogP contribution in [0.3, 0.4) is 0 Å². The molecule has 0 aromatic heterocycles. The minimum Gasteiger partial charge on any atom is -0.504 e. The summed E-state index contributed by atoms with van der Waals surface area (Å²) in [4.78, 5) is 13.9. The van der Waals surface area contributed by atoms with Crippen molar-refractivity contribution in [2.45, 2.75) is 25.3 Å². The number of piperidine rings is 1. The van der Waals surface area contributed by atoms with Gasteiger partial charge in [-0.3, -0.25) is 4.79 Å². The number of rotatable bonds is 2. The van der Waals surface area contributed by atoms with Gasteiger partial charge >= 0.3 is 0 Å². The molecule has 1 unspecified atom stereocenters. The molecule has 1 aliphatic heterocycles. The summed E-state index contributed by atoms with van der Waals surface area (Å²) >= 11 is 0. The number of aliphatic hydroxyl groups excluding tert-OH is 1. The first-order valence-corrected chi connectivity index (χ1v) is 6.08. The lowest BCUT2D eigenvalue weighted by molar-refractivity contribution is 0.0499. The molecule has 1 fully saturated rings. The van der Waals surface area contributed by atoms with Crippen LogP contribution in [0.15, 0.2) is 18.2 Å². The van der Waals surface area contributed by atoms with Crippen LogP contribution in [0.2, 0.25) is 0 Å². The average Bonchev–Trinajstić information content (AvgIpc) is 2.41. The van der Waals surface area contributed by atoms with Gasteiger partial charge in [-0.25, -0.2) is 0 Å². The average molecular weight is 251 g/mol. The molecular formula is C13H17NO4. The van der Waals surface area contributed by atoms with Crippen molar-refractivity contribution in [3.05, 3.63) is 23.8 Å². The lowest BCUT2D eigenvalue weighted by Gasteiger charge is -2.34. The first-order valence-electron chi connectivity index (χ1n) is 6.08. The van der Waals surface area contributed by atoms with Crippen molar-refractivity contribution < 1.29 is 20.1 Å². The normalized spacial score (nSPS) is 19.8. The molecule has 5 nitrogen and oxygen atoms in total. The number of hydrogen-bond acceptors (Lipinski definition) is 4. The maximum Gasteiger partial charge on any atom is 0.258 e. The maximum atomic E-state index is 12.3. The summed E-state index contributed by atoms with van der Waals surface area (Å²) in [7, 11) is 0. The molecule has 0 spiro atoms. The number of aliphatic hydroxyl groups is 1. The molecule has 98 valence electrons. The smallest absolute Gasteiger partial charge is 0.258 e. The Morgan fingerprint density at radius 1 is 1.33 bits per heavy atom. The maximum absolute atomic E-state index is 12.3. The largest absolute Gasteiger partial charge is 0.504 e. The van der Waals surface area contributed by atoms with Crippen molar-refractivity contribution in [3.63, 3.8) is 0 Å². The van der Waals surface area contributed by atoms with Gasteiger partial charge in [0.2, 0.25) is 0 Å². The van der Waals surface area contributed by atoms with Gasteiger partial charge in [0.25, 0.3) is 5.91 Å². The first-order chi connectivity index (χ1) is 8.65. The van der Waals surface area contributed by atoms with Crippen LogP contribution in [0, 0.1) is 0 Å². The minimum absolute atomic E-state index is 0.0781. The molecule has 0 bridgehead atoms. The number of likely N-dealkylation sites (tertiary alicyclic amines) is 1. The van der Waals surface area contributed by atoms with Crippen LogP contribution in [0.1, 0.15) is 29.6 Å². The van der Waals surface area contributed by atoms with E-state index < -0.39 is 5.75 Å². The Hall–Kier alpha value is -1.75. The summed E-state index contributed by atoms with van der Waals surface area (Å²) in [5.41, 5.74) is 0.0790. The number of para-hydroxylation sites is 1. The van der Waals surface area contributed by atoms with Crippen molar-refractivity contribution >= 4 is 5.91 Å². The van der Waals surface area contributed by atoms with E-state index in [2.05, 4.69) is 0 Å². The first kappa shape index (κ1) is 12.7. The summed E-state index contributed by atoms with van der Waals surface area (Å²) < 4.78 is 0. The number of carbonyl (C=O) groups excluding carboxylic acids is 1. The highest BCUT2D eigenvalue weighted by Crippen LogP contribution is 2.30.